The molecule has 1 N–H and O–H groups in total. The second-order valence-electron chi connectivity index (χ2n) is 8.16. The second-order valence-corrected chi connectivity index (χ2v) is 8.60. The van der Waals surface area contributed by atoms with Gasteiger partial charge in [-0.25, -0.2) is 9.59 Å². The number of halogens is 4. The van der Waals surface area contributed by atoms with Crippen LogP contribution in [0.2, 0.25) is 5.02 Å². The molecule has 3 aromatic carbocycles. The van der Waals surface area contributed by atoms with Gasteiger partial charge in [-0.2, -0.15) is 13.2 Å². The van der Waals surface area contributed by atoms with Gasteiger partial charge in [0.2, 0.25) is 0 Å². The highest BCUT2D eigenvalue weighted by Crippen LogP contribution is 2.41. The van der Waals surface area contributed by atoms with E-state index in [0.29, 0.717) is 29.1 Å². The van der Waals surface area contributed by atoms with Crippen molar-refractivity contribution in [2.24, 2.45) is 0 Å². The highest BCUT2D eigenvalue weighted by Gasteiger charge is 2.35. The van der Waals surface area contributed by atoms with Crippen LogP contribution in [0.3, 0.4) is 0 Å². The van der Waals surface area contributed by atoms with Gasteiger partial charge in [0.25, 0.3) is 0 Å². The van der Waals surface area contributed by atoms with Crippen LogP contribution in [0.5, 0.6) is 5.75 Å². The maximum Gasteiger partial charge on any atom is 0.416 e. The Hall–Kier alpha value is -3.72. The molecule has 0 spiro atoms. The van der Waals surface area contributed by atoms with Gasteiger partial charge in [-0.15, -0.1) is 0 Å². The minimum atomic E-state index is -4.46. The molecule has 6 nitrogen and oxygen atoms in total. The summed E-state index contributed by atoms with van der Waals surface area (Å²) in [6, 6.07) is 15.9. The van der Waals surface area contributed by atoms with E-state index in [0.717, 1.165) is 23.3 Å². The molecule has 0 bridgehead atoms. The summed E-state index contributed by atoms with van der Waals surface area (Å²) in [5.74, 6) is -0.906. The Bertz CT molecular complexity index is 1260. The van der Waals surface area contributed by atoms with E-state index in [1.807, 2.05) is 24.3 Å². The Balaban J connectivity index is 1.62. The number of hydrogen-bond donors (Lipinski definition) is 1. The lowest BCUT2D eigenvalue weighted by atomic mass is 9.88. The van der Waals surface area contributed by atoms with Gasteiger partial charge in [-0.1, -0.05) is 48.0 Å². The number of hydrogen-bond acceptors (Lipinski definition) is 4. The SMILES string of the molecule is O=C(O)COc1ccc(Cl)cc1C1c2ccccc2CCN1C(=O)OCc1ccc(C(F)(F)F)cc1. The molecule has 4 rings (SSSR count). The summed E-state index contributed by atoms with van der Waals surface area (Å²) in [6.07, 6.45) is -4.59. The van der Waals surface area contributed by atoms with Crippen molar-refractivity contribution in [1.29, 1.82) is 0 Å². The number of ether oxygens (including phenoxy) is 2. The first-order chi connectivity index (χ1) is 17.1. The average molecular weight is 520 g/mol. The van der Waals surface area contributed by atoms with Crippen LogP contribution in [0.25, 0.3) is 0 Å². The number of benzene rings is 3. The summed E-state index contributed by atoms with van der Waals surface area (Å²) < 4.78 is 49.4. The highest BCUT2D eigenvalue weighted by molar-refractivity contribution is 6.30. The van der Waals surface area contributed by atoms with Crippen LogP contribution in [-0.4, -0.2) is 35.2 Å². The van der Waals surface area contributed by atoms with E-state index >= 15 is 0 Å². The van der Waals surface area contributed by atoms with E-state index in [-0.39, 0.29) is 12.4 Å². The van der Waals surface area contributed by atoms with E-state index in [2.05, 4.69) is 0 Å². The van der Waals surface area contributed by atoms with Crippen molar-refractivity contribution in [2.45, 2.75) is 25.2 Å². The second kappa shape index (κ2) is 10.5. The minimum absolute atomic E-state index is 0.222. The molecule has 0 radical (unpaired) electrons. The van der Waals surface area contributed by atoms with E-state index in [9.17, 15) is 22.8 Å². The monoisotopic (exact) mass is 519 g/mol. The first-order valence-corrected chi connectivity index (χ1v) is 11.3. The molecular formula is C26H21ClF3NO5. The number of nitrogens with zero attached hydrogens (tertiary/aromatic N) is 1. The Kier molecular flexibility index (Phi) is 7.40. The van der Waals surface area contributed by atoms with Gasteiger partial charge in [0, 0.05) is 17.1 Å². The van der Waals surface area contributed by atoms with E-state index in [1.54, 1.807) is 18.2 Å². The molecule has 36 heavy (non-hydrogen) atoms. The molecule has 10 heteroatoms. The third-order valence-corrected chi connectivity index (χ3v) is 6.01. The van der Waals surface area contributed by atoms with Crippen molar-refractivity contribution in [3.8, 4) is 5.75 Å². The van der Waals surface area contributed by atoms with Crippen molar-refractivity contribution in [3.05, 3.63) is 99.6 Å². The van der Waals surface area contributed by atoms with Crippen LogP contribution in [0.15, 0.2) is 66.7 Å². The lowest BCUT2D eigenvalue weighted by molar-refractivity contribution is -0.139. The van der Waals surface area contributed by atoms with Gasteiger partial charge >= 0.3 is 18.2 Å². The van der Waals surface area contributed by atoms with Crippen LogP contribution >= 0.6 is 11.6 Å². The Morgan fingerprint density at radius 1 is 1.03 bits per heavy atom. The first kappa shape index (κ1) is 25.4. The zero-order chi connectivity index (χ0) is 25.9. The zero-order valence-corrected chi connectivity index (χ0v) is 19.6. The predicted octanol–water partition coefficient (Wildman–Crippen LogP) is 6.11. The fourth-order valence-electron chi connectivity index (χ4n) is 4.12. The maximum atomic E-state index is 13.2. The Labute approximate surface area is 209 Å². The third kappa shape index (κ3) is 5.73. The van der Waals surface area contributed by atoms with Crippen LogP contribution < -0.4 is 4.74 Å². The number of carbonyl (C=O) groups is 2. The standard InChI is InChI=1S/C26H21ClF3NO5/c27-19-9-10-22(35-15-23(32)33)21(13-19)24-20-4-2-1-3-17(20)11-12-31(24)25(34)36-14-16-5-7-18(8-6-16)26(28,29)30/h1-10,13,24H,11-12,14-15H2,(H,32,33). The van der Waals surface area contributed by atoms with Crippen molar-refractivity contribution < 1.29 is 37.3 Å². The van der Waals surface area contributed by atoms with E-state index < -0.39 is 36.5 Å². The molecule has 0 aromatic heterocycles. The van der Waals surface area contributed by atoms with Gasteiger partial charge in [-0.05, 0) is 53.4 Å². The number of carboxylic acid groups (broad SMARTS) is 1. The van der Waals surface area contributed by atoms with Crippen LogP contribution in [0, 0.1) is 0 Å². The normalized spacial score (nSPS) is 15.2. The molecule has 0 saturated heterocycles. The Morgan fingerprint density at radius 3 is 2.44 bits per heavy atom. The molecule has 1 aliphatic rings. The van der Waals surface area contributed by atoms with Crippen LogP contribution in [0.4, 0.5) is 18.0 Å². The number of carbonyl (C=O) groups excluding carboxylic acids is 1. The van der Waals surface area contributed by atoms with Crippen LogP contribution in [0.1, 0.15) is 33.9 Å². The fourth-order valence-corrected chi connectivity index (χ4v) is 4.30. The molecule has 0 fully saturated rings. The quantitative estimate of drug-likeness (QED) is 0.425. The summed E-state index contributed by atoms with van der Waals surface area (Å²) in [7, 11) is 0. The van der Waals surface area contributed by atoms with Gasteiger partial charge in [0.05, 0.1) is 11.6 Å². The molecule has 3 aromatic rings. The molecular weight excluding hydrogens is 499 g/mol. The summed E-state index contributed by atoms with van der Waals surface area (Å²) in [4.78, 5) is 25.8. The Morgan fingerprint density at radius 2 is 1.75 bits per heavy atom. The molecule has 1 heterocycles. The smallest absolute Gasteiger partial charge is 0.416 e. The lowest BCUT2D eigenvalue weighted by Gasteiger charge is -2.37. The number of fused-ring (bicyclic) bond motifs is 1. The van der Waals surface area contributed by atoms with E-state index in [4.69, 9.17) is 26.2 Å². The summed E-state index contributed by atoms with van der Waals surface area (Å²) >= 11 is 6.25. The predicted molar refractivity (Wildman–Crippen MR) is 125 cm³/mol. The maximum absolute atomic E-state index is 13.2. The first-order valence-electron chi connectivity index (χ1n) is 10.9. The lowest BCUT2D eigenvalue weighted by Crippen LogP contribution is -2.41. The van der Waals surface area contributed by atoms with Crippen LogP contribution in [-0.2, 0) is 28.7 Å². The summed E-state index contributed by atoms with van der Waals surface area (Å²) in [5, 5.41) is 9.44. The largest absolute Gasteiger partial charge is 0.482 e. The number of amides is 1. The average Bonchev–Trinajstić information content (AvgIpc) is 2.85. The topological polar surface area (TPSA) is 76.1 Å². The molecule has 1 aliphatic heterocycles. The van der Waals surface area contributed by atoms with Crippen molar-refractivity contribution >= 4 is 23.7 Å². The summed E-state index contributed by atoms with van der Waals surface area (Å²) in [5.41, 5.74) is 1.90. The van der Waals surface area contributed by atoms with Crippen molar-refractivity contribution in [1.82, 2.24) is 4.90 Å². The number of alkyl halides is 3. The molecule has 0 saturated carbocycles. The molecule has 188 valence electrons. The number of carboxylic acids is 1. The molecule has 1 unspecified atom stereocenters. The molecule has 0 aliphatic carbocycles. The molecule has 1 amide bonds. The van der Waals surface area contributed by atoms with Gasteiger partial charge < -0.3 is 14.6 Å². The van der Waals surface area contributed by atoms with Crippen molar-refractivity contribution in [3.63, 3.8) is 0 Å². The van der Waals surface area contributed by atoms with Gasteiger partial charge in [-0.3, -0.25) is 4.90 Å². The van der Waals surface area contributed by atoms with Gasteiger partial charge in [0.15, 0.2) is 6.61 Å². The third-order valence-electron chi connectivity index (χ3n) is 5.78. The van der Waals surface area contributed by atoms with Gasteiger partial charge in [0.1, 0.15) is 12.4 Å². The highest BCUT2D eigenvalue weighted by atomic mass is 35.5. The van der Waals surface area contributed by atoms with E-state index in [1.165, 1.54) is 17.0 Å². The number of aliphatic carboxylic acids is 1. The zero-order valence-electron chi connectivity index (χ0n) is 18.8. The fraction of sp³-hybridized carbons (Fsp3) is 0.231. The summed E-state index contributed by atoms with van der Waals surface area (Å²) in [6.45, 7) is -0.514. The van der Waals surface area contributed by atoms with Crippen molar-refractivity contribution in [2.75, 3.05) is 13.2 Å². The minimum Gasteiger partial charge on any atom is -0.482 e. The molecule has 1 atom stereocenters. The number of rotatable bonds is 6.